The van der Waals surface area contributed by atoms with Crippen LogP contribution in [-0.4, -0.2) is 44.8 Å². The molecule has 1 aromatic carbocycles. The fourth-order valence-corrected chi connectivity index (χ4v) is 2.37. The van der Waals surface area contributed by atoms with Gasteiger partial charge >= 0.3 is 0 Å². The maximum absolute atomic E-state index is 5.69. The molecule has 1 aromatic rings. The molecule has 1 aliphatic carbocycles. The molecule has 0 atom stereocenters. The predicted octanol–water partition coefficient (Wildman–Crippen LogP) is 2.70. The Labute approximate surface area is 129 Å². The highest BCUT2D eigenvalue weighted by molar-refractivity contribution is 5.22. The van der Waals surface area contributed by atoms with Crippen molar-refractivity contribution in [3.63, 3.8) is 0 Å². The molecule has 0 radical (unpaired) electrons. The fourth-order valence-electron chi connectivity index (χ4n) is 2.37. The predicted molar refractivity (Wildman–Crippen MR) is 88.6 cm³/mol. The largest absolute Gasteiger partial charge is 0.380 e. The minimum Gasteiger partial charge on any atom is -0.380 e. The first-order valence-corrected chi connectivity index (χ1v) is 8.32. The van der Waals surface area contributed by atoms with E-state index in [2.05, 4.69) is 48.5 Å². The molecule has 2 rings (SSSR count). The summed E-state index contributed by atoms with van der Waals surface area (Å²) in [6.45, 7) is 8.09. The van der Waals surface area contributed by atoms with Crippen LogP contribution in [0.15, 0.2) is 24.3 Å². The van der Waals surface area contributed by atoms with Crippen LogP contribution in [0.25, 0.3) is 0 Å². The molecule has 0 bridgehead atoms. The van der Waals surface area contributed by atoms with E-state index in [1.54, 1.807) is 0 Å². The highest BCUT2D eigenvalue weighted by atomic mass is 16.5. The second-order valence-electron chi connectivity index (χ2n) is 6.18. The van der Waals surface area contributed by atoms with Crippen molar-refractivity contribution in [1.82, 2.24) is 10.2 Å². The molecule has 1 N–H and O–H groups in total. The van der Waals surface area contributed by atoms with E-state index < -0.39 is 0 Å². The molecule has 0 spiro atoms. The molecule has 0 aliphatic heterocycles. The van der Waals surface area contributed by atoms with E-state index >= 15 is 0 Å². The number of rotatable bonds is 11. The monoisotopic (exact) mass is 290 g/mol. The molecule has 1 fully saturated rings. The van der Waals surface area contributed by atoms with Crippen molar-refractivity contribution in [2.24, 2.45) is 5.92 Å². The SMILES string of the molecule is CCNCCc1ccc(CN(C)CCOCC2CC2)cc1. The van der Waals surface area contributed by atoms with Gasteiger partial charge in [0.2, 0.25) is 0 Å². The van der Waals surface area contributed by atoms with Crippen LogP contribution in [0.2, 0.25) is 0 Å². The van der Waals surface area contributed by atoms with E-state index in [4.69, 9.17) is 4.74 Å². The van der Waals surface area contributed by atoms with Gasteiger partial charge in [-0.3, -0.25) is 4.90 Å². The van der Waals surface area contributed by atoms with Crippen LogP contribution in [0, 0.1) is 5.92 Å². The van der Waals surface area contributed by atoms with E-state index in [0.717, 1.165) is 51.7 Å². The lowest BCUT2D eigenvalue weighted by Crippen LogP contribution is -2.23. The number of benzene rings is 1. The third-order valence-electron chi connectivity index (χ3n) is 3.98. The summed E-state index contributed by atoms with van der Waals surface area (Å²) in [4.78, 5) is 2.33. The number of hydrogen-bond acceptors (Lipinski definition) is 3. The van der Waals surface area contributed by atoms with Crippen molar-refractivity contribution in [3.8, 4) is 0 Å². The second-order valence-corrected chi connectivity index (χ2v) is 6.18. The van der Waals surface area contributed by atoms with E-state index in [-0.39, 0.29) is 0 Å². The Hall–Kier alpha value is -0.900. The number of hydrogen-bond donors (Lipinski definition) is 1. The topological polar surface area (TPSA) is 24.5 Å². The first-order valence-electron chi connectivity index (χ1n) is 8.32. The van der Waals surface area contributed by atoms with Gasteiger partial charge in [-0.25, -0.2) is 0 Å². The third kappa shape index (κ3) is 7.07. The Kier molecular flexibility index (Phi) is 7.20. The Morgan fingerprint density at radius 1 is 1.19 bits per heavy atom. The summed E-state index contributed by atoms with van der Waals surface area (Å²) < 4.78 is 5.69. The maximum atomic E-state index is 5.69. The molecule has 21 heavy (non-hydrogen) atoms. The summed E-state index contributed by atoms with van der Waals surface area (Å²) >= 11 is 0. The zero-order chi connectivity index (χ0) is 14.9. The van der Waals surface area contributed by atoms with Gasteiger partial charge in [-0.05, 0) is 56.4 Å². The quantitative estimate of drug-likeness (QED) is 0.634. The average molecular weight is 290 g/mol. The Bertz CT molecular complexity index is 387. The van der Waals surface area contributed by atoms with Gasteiger partial charge < -0.3 is 10.1 Å². The average Bonchev–Trinajstić information content (AvgIpc) is 3.30. The zero-order valence-corrected chi connectivity index (χ0v) is 13.6. The van der Waals surface area contributed by atoms with E-state index in [1.807, 2.05) is 0 Å². The summed E-state index contributed by atoms with van der Waals surface area (Å²) in [7, 11) is 2.17. The second kappa shape index (κ2) is 9.19. The van der Waals surface area contributed by atoms with Gasteiger partial charge in [0, 0.05) is 19.7 Å². The number of nitrogens with one attached hydrogen (secondary N) is 1. The molecule has 0 saturated heterocycles. The first-order chi connectivity index (χ1) is 10.3. The standard InChI is InChI=1S/C18H30N2O/c1-3-19-11-10-16-4-6-17(7-5-16)14-20(2)12-13-21-15-18-8-9-18/h4-7,18-19H,3,8-15H2,1-2H3. The van der Waals surface area contributed by atoms with Crippen LogP contribution in [0.1, 0.15) is 30.9 Å². The minimum absolute atomic E-state index is 0.855. The lowest BCUT2D eigenvalue weighted by atomic mass is 10.1. The molecule has 1 aliphatic rings. The van der Waals surface area contributed by atoms with Gasteiger partial charge in [-0.15, -0.1) is 0 Å². The minimum atomic E-state index is 0.855. The smallest absolute Gasteiger partial charge is 0.0593 e. The first kappa shape index (κ1) is 16.5. The van der Waals surface area contributed by atoms with Crippen LogP contribution in [-0.2, 0) is 17.7 Å². The van der Waals surface area contributed by atoms with E-state index in [1.165, 1.54) is 24.0 Å². The Morgan fingerprint density at radius 2 is 1.90 bits per heavy atom. The zero-order valence-electron chi connectivity index (χ0n) is 13.6. The summed E-state index contributed by atoms with van der Waals surface area (Å²) in [5, 5.41) is 3.36. The highest BCUT2D eigenvalue weighted by Crippen LogP contribution is 2.28. The van der Waals surface area contributed by atoms with Crippen LogP contribution >= 0.6 is 0 Å². The van der Waals surface area contributed by atoms with Crippen LogP contribution < -0.4 is 5.32 Å². The molecule has 0 amide bonds. The highest BCUT2D eigenvalue weighted by Gasteiger charge is 2.20. The van der Waals surface area contributed by atoms with Crippen LogP contribution in [0.5, 0.6) is 0 Å². The van der Waals surface area contributed by atoms with Gasteiger partial charge in [0.15, 0.2) is 0 Å². The summed E-state index contributed by atoms with van der Waals surface area (Å²) in [6.07, 6.45) is 3.85. The fraction of sp³-hybridized carbons (Fsp3) is 0.667. The van der Waals surface area contributed by atoms with Crippen molar-refractivity contribution < 1.29 is 4.74 Å². The van der Waals surface area contributed by atoms with Crippen molar-refractivity contribution in [2.75, 3.05) is 39.9 Å². The van der Waals surface area contributed by atoms with Gasteiger partial charge in [0.05, 0.1) is 6.61 Å². The van der Waals surface area contributed by atoms with Crippen molar-refractivity contribution in [2.45, 2.75) is 32.7 Å². The molecule has 1 saturated carbocycles. The third-order valence-corrected chi connectivity index (χ3v) is 3.98. The molecule has 0 heterocycles. The molecule has 118 valence electrons. The Morgan fingerprint density at radius 3 is 2.57 bits per heavy atom. The number of likely N-dealkylation sites (N-methyl/N-ethyl adjacent to an activating group) is 2. The number of nitrogens with zero attached hydrogens (tertiary/aromatic N) is 1. The molecular formula is C18H30N2O. The van der Waals surface area contributed by atoms with Gasteiger partial charge in [0.25, 0.3) is 0 Å². The van der Waals surface area contributed by atoms with E-state index in [0.29, 0.717) is 0 Å². The summed E-state index contributed by atoms with van der Waals surface area (Å²) in [5.74, 6) is 0.866. The normalized spacial score (nSPS) is 14.8. The molecule has 0 unspecified atom stereocenters. The van der Waals surface area contributed by atoms with Crippen molar-refractivity contribution in [3.05, 3.63) is 35.4 Å². The Balaban J connectivity index is 1.61. The molecular weight excluding hydrogens is 260 g/mol. The van der Waals surface area contributed by atoms with Crippen molar-refractivity contribution >= 4 is 0 Å². The molecule has 0 aromatic heterocycles. The number of ether oxygens (including phenoxy) is 1. The van der Waals surface area contributed by atoms with Crippen LogP contribution in [0.4, 0.5) is 0 Å². The lowest BCUT2D eigenvalue weighted by molar-refractivity contribution is 0.102. The van der Waals surface area contributed by atoms with Crippen LogP contribution in [0.3, 0.4) is 0 Å². The van der Waals surface area contributed by atoms with Gasteiger partial charge in [0.1, 0.15) is 0 Å². The summed E-state index contributed by atoms with van der Waals surface area (Å²) in [6, 6.07) is 9.01. The summed E-state index contributed by atoms with van der Waals surface area (Å²) in [5.41, 5.74) is 2.79. The maximum Gasteiger partial charge on any atom is 0.0593 e. The van der Waals surface area contributed by atoms with Crippen molar-refractivity contribution in [1.29, 1.82) is 0 Å². The van der Waals surface area contributed by atoms with E-state index in [9.17, 15) is 0 Å². The van der Waals surface area contributed by atoms with Gasteiger partial charge in [-0.2, -0.15) is 0 Å². The van der Waals surface area contributed by atoms with Gasteiger partial charge in [-0.1, -0.05) is 31.2 Å². The molecule has 3 nitrogen and oxygen atoms in total. The lowest BCUT2D eigenvalue weighted by Gasteiger charge is -2.17. The molecule has 3 heteroatoms.